The van der Waals surface area contributed by atoms with Crippen LogP contribution in [0.4, 0.5) is 18.9 Å². The molecule has 0 aromatic heterocycles. The largest absolute Gasteiger partial charge is 0.417 e. The van der Waals surface area contributed by atoms with Crippen LogP contribution in [0, 0.1) is 11.3 Å². The average Bonchev–Trinajstić information content (AvgIpc) is 2.59. The van der Waals surface area contributed by atoms with Crippen molar-refractivity contribution < 1.29 is 22.8 Å². The number of carbonyl (C=O) groups excluding carboxylic acids is 2. The van der Waals surface area contributed by atoms with Gasteiger partial charge in [-0.3, -0.25) is 9.59 Å². The Morgan fingerprint density at radius 2 is 1.71 bits per heavy atom. The van der Waals surface area contributed by atoms with E-state index in [2.05, 4.69) is 36.6 Å². The number of halogens is 4. The van der Waals surface area contributed by atoms with Crippen molar-refractivity contribution in [2.75, 3.05) is 5.32 Å². The van der Waals surface area contributed by atoms with Crippen molar-refractivity contribution in [2.24, 2.45) is 16.4 Å². The molecule has 0 radical (unpaired) electrons. The molecule has 1 aliphatic rings. The maximum atomic E-state index is 12.9. The number of nitrogens with one attached hydrogen (secondary N) is 2. The van der Waals surface area contributed by atoms with Gasteiger partial charge in [-0.05, 0) is 55.2 Å². The Morgan fingerprint density at radius 3 is 2.25 bits per heavy atom. The van der Waals surface area contributed by atoms with Gasteiger partial charge in [0.2, 0.25) is 0 Å². The summed E-state index contributed by atoms with van der Waals surface area (Å²) in [6.45, 7) is 6.56. The Kier molecular flexibility index (Phi) is 6.75. The highest BCUT2D eigenvalue weighted by atomic mass is 35.5. The van der Waals surface area contributed by atoms with Crippen molar-refractivity contribution in [3.8, 4) is 0 Å². The Hall–Kier alpha value is -2.09. The zero-order valence-electron chi connectivity index (χ0n) is 15.9. The number of hydrogen-bond donors (Lipinski definition) is 2. The Balaban J connectivity index is 1.93. The molecule has 0 unspecified atom stereocenters. The van der Waals surface area contributed by atoms with Gasteiger partial charge in [0, 0.05) is 11.4 Å². The van der Waals surface area contributed by atoms with Crippen LogP contribution < -0.4 is 10.7 Å². The number of anilines is 1. The summed E-state index contributed by atoms with van der Waals surface area (Å²) in [5.74, 6) is -1.59. The Labute approximate surface area is 166 Å². The number of alkyl halides is 3. The molecule has 1 aromatic carbocycles. The molecule has 1 saturated carbocycles. The van der Waals surface area contributed by atoms with Gasteiger partial charge in [-0.25, -0.2) is 5.43 Å². The monoisotopic (exact) mass is 417 g/mol. The molecule has 1 aromatic rings. The lowest BCUT2D eigenvalue weighted by Crippen LogP contribution is -2.34. The average molecular weight is 418 g/mol. The lowest BCUT2D eigenvalue weighted by molar-refractivity contribution is -0.137. The van der Waals surface area contributed by atoms with Gasteiger partial charge in [0.25, 0.3) is 0 Å². The van der Waals surface area contributed by atoms with Gasteiger partial charge in [0.15, 0.2) is 0 Å². The normalized spacial score (nSPS) is 17.8. The smallest absolute Gasteiger partial charge is 0.318 e. The summed E-state index contributed by atoms with van der Waals surface area (Å²) in [7, 11) is 0. The fraction of sp³-hybridized carbons (Fsp3) is 0.526. The van der Waals surface area contributed by atoms with E-state index in [4.69, 9.17) is 11.6 Å². The molecule has 0 bridgehead atoms. The van der Waals surface area contributed by atoms with Gasteiger partial charge in [0.05, 0.1) is 10.6 Å². The number of hydrazone groups is 1. The fourth-order valence-corrected chi connectivity index (χ4v) is 3.34. The van der Waals surface area contributed by atoms with Crippen LogP contribution in [0.5, 0.6) is 0 Å². The summed E-state index contributed by atoms with van der Waals surface area (Å²) >= 11 is 5.52. The first-order chi connectivity index (χ1) is 12.9. The Bertz CT molecular complexity index is 776. The minimum absolute atomic E-state index is 0.185. The zero-order chi connectivity index (χ0) is 21.1. The van der Waals surface area contributed by atoms with Crippen molar-refractivity contribution in [3.05, 3.63) is 28.8 Å². The van der Waals surface area contributed by atoms with Crippen molar-refractivity contribution in [2.45, 2.75) is 52.6 Å². The van der Waals surface area contributed by atoms with E-state index >= 15 is 0 Å². The van der Waals surface area contributed by atoms with Crippen LogP contribution in [0.15, 0.2) is 23.3 Å². The van der Waals surface area contributed by atoms with Gasteiger partial charge in [-0.2, -0.15) is 18.3 Å². The first-order valence-corrected chi connectivity index (χ1v) is 9.29. The van der Waals surface area contributed by atoms with E-state index in [0.717, 1.165) is 37.5 Å². The van der Waals surface area contributed by atoms with Gasteiger partial charge in [-0.15, -0.1) is 0 Å². The van der Waals surface area contributed by atoms with E-state index in [1.54, 1.807) is 0 Å². The highest BCUT2D eigenvalue weighted by Crippen LogP contribution is 2.37. The summed E-state index contributed by atoms with van der Waals surface area (Å²) in [6, 6.07) is 2.86. The molecule has 28 heavy (non-hydrogen) atoms. The highest BCUT2D eigenvalue weighted by Gasteiger charge is 2.33. The first-order valence-electron chi connectivity index (χ1n) is 8.91. The molecule has 1 fully saturated rings. The summed E-state index contributed by atoms with van der Waals surface area (Å²) < 4.78 is 38.6. The molecule has 5 nitrogen and oxygen atoms in total. The number of nitrogens with zero attached hydrogens (tertiary/aromatic N) is 1. The quantitative estimate of drug-likeness (QED) is 0.524. The molecule has 154 valence electrons. The van der Waals surface area contributed by atoms with Gasteiger partial charge in [0.1, 0.15) is 0 Å². The molecule has 2 amide bonds. The molecule has 0 aliphatic heterocycles. The van der Waals surface area contributed by atoms with E-state index < -0.39 is 28.6 Å². The third-order valence-electron chi connectivity index (χ3n) is 4.84. The molecule has 1 aliphatic carbocycles. The van der Waals surface area contributed by atoms with Crippen LogP contribution in [0.3, 0.4) is 0 Å². The zero-order valence-corrected chi connectivity index (χ0v) is 16.7. The van der Waals surface area contributed by atoms with Crippen LogP contribution in [0.25, 0.3) is 0 Å². The topological polar surface area (TPSA) is 70.6 Å². The number of hydrogen-bond acceptors (Lipinski definition) is 3. The molecule has 9 heteroatoms. The van der Waals surface area contributed by atoms with E-state index in [-0.39, 0.29) is 11.1 Å². The standard InChI is InChI=1S/C19H23ClF3N3O2/c1-18(2,3)11-4-6-12(7-5-11)25-26-17(28)16(27)24-13-8-9-15(20)14(10-13)19(21,22)23/h8-11H,4-7H2,1-3H3,(H,24,27)(H,26,28). The molecule has 0 heterocycles. The van der Waals surface area contributed by atoms with Crippen LogP contribution >= 0.6 is 11.6 Å². The van der Waals surface area contributed by atoms with Crippen molar-refractivity contribution >= 4 is 34.8 Å². The molecule has 2 rings (SSSR count). The van der Waals surface area contributed by atoms with Gasteiger partial charge >= 0.3 is 18.0 Å². The van der Waals surface area contributed by atoms with Crippen molar-refractivity contribution in [1.29, 1.82) is 0 Å². The number of amides is 2. The van der Waals surface area contributed by atoms with Gasteiger partial charge in [-0.1, -0.05) is 32.4 Å². The maximum Gasteiger partial charge on any atom is 0.417 e. The second-order valence-corrected chi connectivity index (χ2v) is 8.31. The Morgan fingerprint density at radius 1 is 1.11 bits per heavy atom. The van der Waals surface area contributed by atoms with E-state index in [0.29, 0.717) is 12.0 Å². The summed E-state index contributed by atoms with van der Waals surface area (Å²) in [4.78, 5) is 23.8. The summed E-state index contributed by atoms with van der Waals surface area (Å²) in [5, 5.41) is 5.61. The number of benzene rings is 1. The number of carbonyl (C=O) groups is 2. The third-order valence-corrected chi connectivity index (χ3v) is 5.17. The predicted octanol–water partition coefficient (Wildman–Crippen LogP) is 5.01. The van der Waals surface area contributed by atoms with E-state index in [1.807, 2.05) is 0 Å². The molecule has 0 spiro atoms. The van der Waals surface area contributed by atoms with Crippen molar-refractivity contribution in [1.82, 2.24) is 5.43 Å². The van der Waals surface area contributed by atoms with E-state index in [9.17, 15) is 22.8 Å². The second kappa shape index (κ2) is 8.51. The van der Waals surface area contributed by atoms with Crippen LogP contribution in [0.1, 0.15) is 52.0 Å². The summed E-state index contributed by atoms with van der Waals surface area (Å²) in [6.07, 6.45) is -1.30. The second-order valence-electron chi connectivity index (χ2n) is 7.91. The minimum Gasteiger partial charge on any atom is -0.318 e. The van der Waals surface area contributed by atoms with Crippen LogP contribution in [-0.2, 0) is 15.8 Å². The molecule has 0 atom stereocenters. The third kappa shape index (κ3) is 5.95. The lowest BCUT2D eigenvalue weighted by atomic mass is 9.72. The number of rotatable bonds is 2. The van der Waals surface area contributed by atoms with Crippen LogP contribution in [0.2, 0.25) is 5.02 Å². The minimum atomic E-state index is -4.67. The molecular formula is C19H23ClF3N3O2. The highest BCUT2D eigenvalue weighted by molar-refractivity contribution is 6.39. The van der Waals surface area contributed by atoms with Crippen molar-refractivity contribution in [3.63, 3.8) is 0 Å². The van der Waals surface area contributed by atoms with Gasteiger partial charge < -0.3 is 5.32 Å². The maximum absolute atomic E-state index is 12.9. The van der Waals surface area contributed by atoms with Crippen LogP contribution in [-0.4, -0.2) is 17.5 Å². The molecular weight excluding hydrogens is 395 g/mol. The molecule has 0 saturated heterocycles. The fourth-order valence-electron chi connectivity index (χ4n) is 3.12. The summed E-state index contributed by atoms with van der Waals surface area (Å²) in [5.41, 5.74) is 1.90. The first kappa shape index (κ1) is 22.2. The molecule has 2 N–H and O–H groups in total. The predicted molar refractivity (Wildman–Crippen MR) is 102 cm³/mol. The van der Waals surface area contributed by atoms with E-state index in [1.165, 1.54) is 6.07 Å². The lowest BCUT2D eigenvalue weighted by Gasteiger charge is -2.34. The SMILES string of the molecule is CC(C)(C)C1CCC(=NNC(=O)C(=O)Nc2ccc(Cl)c(C(F)(F)F)c2)CC1.